The molecule has 1 aliphatic carbocycles. The molecule has 46 valence electrons. The Labute approximate surface area is 66.4 Å². The average Bonchev–Trinajstić information content (AvgIpc) is 2.14. The van der Waals surface area contributed by atoms with E-state index in [4.69, 9.17) is 0 Å². The quantitative estimate of drug-likeness (QED) is 0.645. The van der Waals surface area contributed by atoms with Crippen LogP contribution in [0.3, 0.4) is 0 Å². The molecule has 0 nitrogen and oxygen atoms in total. The predicted molar refractivity (Wildman–Crippen MR) is 31.9 cm³/mol. The Balaban J connectivity index is 0. The minimum absolute atomic E-state index is 0. The summed E-state index contributed by atoms with van der Waals surface area (Å²) in [7, 11) is 0. The summed E-state index contributed by atoms with van der Waals surface area (Å²) >= 11 is 0. The van der Waals surface area contributed by atoms with E-state index in [1.54, 1.807) is 0 Å². The minimum atomic E-state index is 0. The zero-order valence-corrected chi connectivity index (χ0v) is 7.91. The second-order valence-electron chi connectivity index (χ2n) is 1.66. The Morgan fingerprint density at radius 1 is 1.88 bits per heavy atom. The first kappa shape index (κ1) is 8.17. The van der Waals surface area contributed by atoms with Crippen LogP contribution in [0.2, 0.25) is 0 Å². The molecule has 0 aliphatic heterocycles. The molecule has 0 saturated heterocycles. The molecular formula is C7H10W-2. The van der Waals surface area contributed by atoms with Crippen LogP contribution in [0.25, 0.3) is 0 Å². The van der Waals surface area contributed by atoms with Crippen LogP contribution in [0.15, 0.2) is 17.7 Å². The summed E-state index contributed by atoms with van der Waals surface area (Å²) in [5.41, 5.74) is 1.36. The topological polar surface area (TPSA) is 0 Å². The van der Waals surface area contributed by atoms with Crippen molar-refractivity contribution in [3.05, 3.63) is 23.8 Å². The molecule has 0 saturated carbocycles. The fraction of sp³-hybridized carbons (Fsp3) is 0.429. The molecule has 0 aromatic heterocycles. The minimum Gasteiger partial charge on any atom is -1.00 e. The molecule has 0 bridgehead atoms. The summed E-state index contributed by atoms with van der Waals surface area (Å²) in [6.45, 7) is 2.15. The maximum absolute atomic E-state index is 3.21. The van der Waals surface area contributed by atoms with E-state index in [0.717, 1.165) is 12.8 Å². The van der Waals surface area contributed by atoms with Crippen molar-refractivity contribution < 1.29 is 22.5 Å². The summed E-state index contributed by atoms with van der Waals surface area (Å²) in [5.74, 6) is 0. The van der Waals surface area contributed by atoms with Crippen molar-refractivity contribution in [3.63, 3.8) is 0 Å². The third-order valence-corrected chi connectivity index (χ3v) is 1.15. The third-order valence-electron chi connectivity index (χ3n) is 1.15. The predicted octanol–water partition coefficient (Wildman–Crippen LogP) is 2.20. The molecule has 0 amide bonds. The monoisotopic (exact) mass is 278 g/mol. The van der Waals surface area contributed by atoms with Crippen LogP contribution >= 0.6 is 0 Å². The first-order chi connectivity index (χ1) is 3.43. The molecule has 1 heteroatoms. The molecule has 0 unspecified atom stereocenters. The van der Waals surface area contributed by atoms with E-state index < -0.39 is 0 Å². The van der Waals surface area contributed by atoms with E-state index in [9.17, 15) is 0 Å². The fourth-order valence-electron chi connectivity index (χ4n) is 0.693. The molecule has 0 atom stereocenters. The van der Waals surface area contributed by atoms with Gasteiger partial charge in [-0.05, 0) is 0 Å². The van der Waals surface area contributed by atoms with Crippen molar-refractivity contribution in [1.82, 2.24) is 0 Å². The zero-order valence-electron chi connectivity index (χ0n) is 5.98. The van der Waals surface area contributed by atoms with Crippen LogP contribution in [0, 0.1) is 6.08 Å². The van der Waals surface area contributed by atoms with Gasteiger partial charge < -0.3 is 1.43 Å². The number of allylic oxidation sites excluding steroid dienone is 4. The van der Waals surface area contributed by atoms with Crippen LogP contribution in [-0.4, -0.2) is 0 Å². The molecule has 8 heavy (non-hydrogen) atoms. The molecule has 1 rings (SSSR count). The Morgan fingerprint density at radius 3 is 2.88 bits per heavy atom. The smallest absolute Gasteiger partial charge is 0 e. The van der Waals surface area contributed by atoms with E-state index in [0.29, 0.717) is 0 Å². The Bertz CT molecular complexity index is 116. The average molecular weight is 278 g/mol. The van der Waals surface area contributed by atoms with E-state index in [1.165, 1.54) is 5.57 Å². The Morgan fingerprint density at radius 2 is 2.62 bits per heavy atom. The maximum atomic E-state index is 3.21. The summed E-state index contributed by atoms with van der Waals surface area (Å²) < 4.78 is 0. The molecule has 0 radical (unpaired) electrons. The zero-order chi connectivity index (χ0) is 5.11. The van der Waals surface area contributed by atoms with Crippen molar-refractivity contribution in [1.29, 1.82) is 0 Å². The fourth-order valence-corrected chi connectivity index (χ4v) is 0.693. The van der Waals surface area contributed by atoms with Crippen molar-refractivity contribution in [2.75, 3.05) is 0 Å². The van der Waals surface area contributed by atoms with E-state index in [-0.39, 0.29) is 22.5 Å². The molecule has 0 heterocycles. The molecule has 0 aromatic rings. The first-order valence-corrected chi connectivity index (χ1v) is 2.69. The normalized spacial score (nSPS) is 15.4. The van der Waals surface area contributed by atoms with Gasteiger partial charge >= 0.3 is 0 Å². The van der Waals surface area contributed by atoms with Crippen LogP contribution < -0.4 is 0 Å². The number of rotatable bonds is 1. The summed E-state index contributed by atoms with van der Waals surface area (Å²) in [4.78, 5) is 0. The van der Waals surface area contributed by atoms with Crippen LogP contribution in [-0.2, 0) is 21.1 Å². The van der Waals surface area contributed by atoms with Gasteiger partial charge in [0, 0.05) is 21.1 Å². The van der Waals surface area contributed by atoms with Crippen LogP contribution in [0.1, 0.15) is 21.2 Å². The van der Waals surface area contributed by atoms with Crippen molar-refractivity contribution in [3.8, 4) is 0 Å². The molecule has 0 N–H and O–H groups in total. The van der Waals surface area contributed by atoms with Gasteiger partial charge in [-0.3, -0.25) is 6.08 Å². The van der Waals surface area contributed by atoms with Crippen molar-refractivity contribution >= 4 is 0 Å². The van der Waals surface area contributed by atoms with Crippen molar-refractivity contribution in [2.45, 2.75) is 19.8 Å². The number of hydrogen-bond donors (Lipinski definition) is 0. The summed E-state index contributed by atoms with van der Waals surface area (Å²) in [5, 5.41) is 0. The van der Waals surface area contributed by atoms with Crippen LogP contribution in [0.5, 0.6) is 0 Å². The van der Waals surface area contributed by atoms with E-state index in [2.05, 4.69) is 25.2 Å². The molecule has 0 spiro atoms. The number of hydrogen-bond acceptors (Lipinski definition) is 0. The van der Waals surface area contributed by atoms with Gasteiger partial charge in [-0.1, -0.05) is 13.3 Å². The van der Waals surface area contributed by atoms with Gasteiger partial charge in [0.25, 0.3) is 0 Å². The van der Waals surface area contributed by atoms with Gasteiger partial charge in [0.1, 0.15) is 0 Å². The van der Waals surface area contributed by atoms with E-state index in [1.807, 2.05) is 0 Å². The molecule has 0 aromatic carbocycles. The second-order valence-corrected chi connectivity index (χ2v) is 1.66. The van der Waals surface area contributed by atoms with Gasteiger partial charge in [0.15, 0.2) is 0 Å². The van der Waals surface area contributed by atoms with Gasteiger partial charge in [0.2, 0.25) is 0 Å². The Kier molecular flexibility index (Phi) is 4.17. The summed E-state index contributed by atoms with van der Waals surface area (Å²) in [6.07, 6.45) is 9.65. The van der Waals surface area contributed by atoms with Crippen molar-refractivity contribution in [2.24, 2.45) is 0 Å². The standard InChI is InChI=1S/C7H9.W.H/c1-2-7-5-3-4-6-7;;/h3,5H,2,4H2,1H3;;/q-1;;-1. The second kappa shape index (κ2) is 4.09. The molecular weight excluding hydrogens is 268 g/mol. The summed E-state index contributed by atoms with van der Waals surface area (Å²) in [6, 6.07) is 0. The van der Waals surface area contributed by atoms with Gasteiger partial charge in [-0.2, -0.15) is 6.08 Å². The Hall–Kier alpha value is 0.168. The van der Waals surface area contributed by atoms with Crippen LogP contribution in [0.4, 0.5) is 0 Å². The maximum Gasteiger partial charge on any atom is 0 e. The largest absolute Gasteiger partial charge is 1.00 e. The van der Waals surface area contributed by atoms with Gasteiger partial charge in [0.05, 0.1) is 0 Å². The van der Waals surface area contributed by atoms with Gasteiger partial charge in [-0.25, -0.2) is 11.6 Å². The van der Waals surface area contributed by atoms with Gasteiger partial charge in [-0.15, -0.1) is 6.42 Å². The first-order valence-electron chi connectivity index (χ1n) is 2.69. The molecule has 0 fully saturated rings. The van der Waals surface area contributed by atoms with E-state index >= 15 is 0 Å². The SMILES string of the molecule is CCC1=[C-]CC=C1.[H-].[W]. The molecule has 1 aliphatic rings. The third kappa shape index (κ3) is 1.96.